The molecule has 1 saturated carbocycles. The molecular formula is C14H17BrN2O. The molecule has 3 nitrogen and oxygen atoms in total. The molecule has 0 aromatic carbocycles. The summed E-state index contributed by atoms with van der Waals surface area (Å²) in [7, 11) is 0. The first-order chi connectivity index (χ1) is 8.75. The lowest BCUT2D eigenvalue weighted by atomic mass is 9.84. The fourth-order valence-electron chi connectivity index (χ4n) is 2.94. The minimum Gasteiger partial charge on any atom is -0.387 e. The third-order valence-electron chi connectivity index (χ3n) is 3.92. The predicted molar refractivity (Wildman–Crippen MR) is 74.4 cm³/mol. The number of imidazole rings is 1. The van der Waals surface area contributed by atoms with Gasteiger partial charge >= 0.3 is 0 Å². The molecular weight excluding hydrogens is 292 g/mol. The van der Waals surface area contributed by atoms with E-state index in [4.69, 9.17) is 0 Å². The van der Waals surface area contributed by atoms with Crippen molar-refractivity contribution in [1.82, 2.24) is 9.38 Å². The molecule has 0 saturated heterocycles. The smallest absolute Gasteiger partial charge is 0.0995 e. The number of nitrogens with zero attached hydrogens (tertiary/aromatic N) is 2. The van der Waals surface area contributed by atoms with E-state index in [9.17, 15) is 5.11 Å². The lowest BCUT2D eigenvalue weighted by Crippen LogP contribution is -2.18. The Morgan fingerprint density at radius 3 is 2.83 bits per heavy atom. The van der Waals surface area contributed by atoms with E-state index in [1.165, 1.54) is 19.3 Å². The van der Waals surface area contributed by atoms with E-state index in [0.717, 1.165) is 28.5 Å². The second-order valence-corrected chi connectivity index (χ2v) is 6.05. The molecule has 96 valence electrons. The quantitative estimate of drug-likeness (QED) is 0.918. The van der Waals surface area contributed by atoms with Crippen molar-refractivity contribution in [2.24, 2.45) is 5.92 Å². The lowest BCUT2D eigenvalue weighted by molar-refractivity contribution is 0.0801. The van der Waals surface area contributed by atoms with E-state index in [2.05, 4.69) is 20.9 Å². The maximum atomic E-state index is 10.6. The molecule has 0 bridgehead atoms. The first kappa shape index (κ1) is 12.2. The van der Waals surface area contributed by atoms with Crippen LogP contribution < -0.4 is 0 Å². The summed E-state index contributed by atoms with van der Waals surface area (Å²) in [6, 6.07) is 4.03. The molecule has 1 N–H and O–H groups in total. The van der Waals surface area contributed by atoms with Gasteiger partial charge in [0.15, 0.2) is 0 Å². The Morgan fingerprint density at radius 2 is 2.06 bits per heavy atom. The van der Waals surface area contributed by atoms with E-state index in [0.29, 0.717) is 5.92 Å². The number of aliphatic hydroxyl groups excluding tert-OH is 1. The summed E-state index contributed by atoms with van der Waals surface area (Å²) < 4.78 is 2.99. The molecule has 3 rings (SSSR count). The highest BCUT2D eigenvalue weighted by Gasteiger charge is 2.25. The standard InChI is InChI=1S/C14H17BrN2O/c15-11-6-12-8-16-9-17(12)13(7-11)14(18)10-4-2-1-3-5-10/h6-10,14,18H,1-5H2. The van der Waals surface area contributed by atoms with Gasteiger partial charge in [-0.15, -0.1) is 0 Å². The number of rotatable bonds is 2. The molecule has 2 aromatic heterocycles. The van der Waals surface area contributed by atoms with Crippen molar-refractivity contribution >= 4 is 21.4 Å². The summed E-state index contributed by atoms with van der Waals surface area (Å²) in [4.78, 5) is 4.16. The minimum absolute atomic E-state index is 0.388. The highest BCUT2D eigenvalue weighted by Crippen LogP contribution is 2.35. The Balaban J connectivity index is 1.99. The minimum atomic E-state index is -0.389. The highest BCUT2D eigenvalue weighted by atomic mass is 79.9. The van der Waals surface area contributed by atoms with Gasteiger partial charge < -0.3 is 9.51 Å². The Hall–Kier alpha value is -0.870. The first-order valence-corrected chi connectivity index (χ1v) is 7.34. The van der Waals surface area contributed by atoms with Gasteiger partial charge in [0, 0.05) is 4.47 Å². The van der Waals surface area contributed by atoms with Gasteiger partial charge in [-0.2, -0.15) is 0 Å². The largest absolute Gasteiger partial charge is 0.387 e. The van der Waals surface area contributed by atoms with Gasteiger partial charge in [-0.1, -0.05) is 35.2 Å². The van der Waals surface area contributed by atoms with Crippen LogP contribution in [0.1, 0.15) is 43.9 Å². The van der Waals surface area contributed by atoms with Gasteiger partial charge in [-0.05, 0) is 30.9 Å². The third kappa shape index (κ3) is 2.19. The molecule has 0 aliphatic heterocycles. The zero-order valence-corrected chi connectivity index (χ0v) is 11.8. The second kappa shape index (κ2) is 5.02. The number of pyridine rings is 1. The van der Waals surface area contributed by atoms with Crippen LogP contribution in [0.15, 0.2) is 29.1 Å². The summed E-state index contributed by atoms with van der Waals surface area (Å²) in [5, 5.41) is 10.6. The molecule has 1 fully saturated rings. The van der Waals surface area contributed by atoms with E-state index >= 15 is 0 Å². The number of fused-ring (bicyclic) bond motifs is 1. The van der Waals surface area contributed by atoms with Crippen molar-refractivity contribution in [1.29, 1.82) is 0 Å². The summed E-state index contributed by atoms with van der Waals surface area (Å²) in [5.41, 5.74) is 1.97. The SMILES string of the molecule is OC(c1cc(Br)cc2cncn12)C1CCCCC1. The van der Waals surface area contributed by atoms with Crippen LogP contribution in [0.3, 0.4) is 0 Å². The van der Waals surface area contributed by atoms with Crippen LogP contribution in [0.4, 0.5) is 0 Å². The molecule has 2 heterocycles. The van der Waals surface area contributed by atoms with Crippen LogP contribution >= 0.6 is 15.9 Å². The number of hydrogen-bond donors (Lipinski definition) is 1. The van der Waals surface area contributed by atoms with Crippen LogP contribution in [0.25, 0.3) is 5.52 Å². The van der Waals surface area contributed by atoms with Gasteiger partial charge in [0.05, 0.1) is 29.8 Å². The molecule has 1 aliphatic rings. The molecule has 18 heavy (non-hydrogen) atoms. The van der Waals surface area contributed by atoms with E-state index in [1.54, 1.807) is 6.33 Å². The van der Waals surface area contributed by atoms with Crippen molar-refractivity contribution in [3.8, 4) is 0 Å². The number of aliphatic hydroxyl groups is 1. The maximum absolute atomic E-state index is 10.6. The van der Waals surface area contributed by atoms with Gasteiger partial charge in [0.2, 0.25) is 0 Å². The van der Waals surface area contributed by atoms with Crippen LogP contribution in [-0.4, -0.2) is 14.5 Å². The average molecular weight is 309 g/mol. The fourth-order valence-corrected chi connectivity index (χ4v) is 3.41. The van der Waals surface area contributed by atoms with Gasteiger partial charge in [-0.25, -0.2) is 4.98 Å². The topological polar surface area (TPSA) is 37.5 Å². The van der Waals surface area contributed by atoms with E-state index < -0.39 is 0 Å². The Kier molecular flexibility index (Phi) is 3.39. The third-order valence-corrected chi connectivity index (χ3v) is 4.37. The van der Waals surface area contributed by atoms with Crippen LogP contribution in [-0.2, 0) is 0 Å². The second-order valence-electron chi connectivity index (χ2n) is 5.13. The van der Waals surface area contributed by atoms with Crippen LogP contribution in [0.5, 0.6) is 0 Å². The Morgan fingerprint density at radius 1 is 1.28 bits per heavy atom. The normalized spacial score (nSPS) is 19.2. The molecule has 0 spiro atoms. The molecule has 1 aliphatic carbocycles. The summed E-state index contributed by atoms with van der Waals surface area (Å²) in [6.45, 7) is 0. The molecule has 2 aromatic rings. The predicted octanol–water partition coefficient (Wildman–Crippen LogP) is 3.71. The number of halogens is 1. The van der Waals surface area contributed by atoms with Gasteiger partial charge in [-0.3, -0.25) is 0 Å². The van der Waals surface area contributed by atoms with Crippen molar-refractivity contribution in [2.45, 2.75) is 38.2 Å². The maximum Gasteiger partial charge on any atom is 0.0995 e. The van der Waals surface area contributed by atoms with E-state index in [1.807, 2.05) is 22.7 Å². The molecule has 1 unspecified atom stereocenters. The Bertz CT molecular complexity index is 546. The van der Waals surface area contributed by atoms with Gasteiger partial charge in [0.25, 0.3) is 0 Å². The summed E-state index contributed by atoms with van der Waals surface area (Å²) in [6.07, 6.45) is 9.26. The Labute approximate surface area is 115 Å². The first-order valence-electron chi connectivity index (χ1n) is 6.55. The molecule has 0 radical (unpaired) electrons. The zero-order valence-electron chi connectivity index (χ0n) is 10.2. The van der Waals surface area contributed by atoms with E-state index in [-0.39, 0.29) is 6.10 Å². The van der Waals surface area contributed by atoms with Gasteiger partial charge in [0.1, 0.15) is 0 Å². The number of aromatic nitrogens is 2. The molecule has 0 amide bonds. The summed E-state index contributed by atoms with van der Waals surface area (Å²) in [5.74, 6) is 0.388. The molecule has 1 atom stereocenters. The average Bonchev–Trinajstić information content (AvgIpc) is 2.86. The van der Waals surface area contributed by atoms with Crippen molar-refractivity contribution in [3.63, 3.8) is 0 Å². The fraction of sp³-hybridized carbons (Fsp3) is 0.500. The highest BCUT2D eigenvalue weighted by molar-refractivity contribution is 9.10. The van der Waals surface area contributed by atoms with Crippen molar-refractivity contribution in [3.05, 3.63) is 34.8 Å². The number of hydrogen-bond acceptors (Lipinski definition) is 2. The van der Waals surface area contributed by atoms with Crippen LogP contribution in [0, 0.1) is 5.92 Å². The van der Waals surface area contributed by atoms with Crippen molar-refractivity contribution in [2.75, 3.05) is 0 Å². The molecule has 4 heteroatoms. The monoisotopic (exact) mass is 308 g/mol. The lowest BCUT2D eigenvalue weighted by Gasteiger charge is -2.27. The summed E-state index contributed by atoms with van der Waals surface area (Å²) >= 11 is 3.51. The van der Waals surface area contributed by atoms with Crippen molar-refractivity contribution < 1.29 is 5.11 Å². The zero-order chi connectivity index (χ0) is 12.5. The van der Waals surface area contributed by atoms with Crippen LogP contribution in [0.2, 0.25) is 0 Å².